The van der Waals surface area contributed by atoms with Crippen LogP contribution in [-0.2, 0) is 19.1 Å². The van der Waals surface area contributed by atoms with Crippen molar-refractivity contribution in [3.8, 4) is 0 Å². The molecular weight excluding hydrogens is 352 g/mol. The molecule has 0 N–H and O–H groups in total. The Morgan fingerprint density at radius 2 is 1.71 bits per heavy atom. The fourth-order valence-corrected chi connectivity index (χ4v) is 7.56. The van der Waals surface area contributed by atoms with E-state index in [4.69, 9.17) is 9.47 Å². The number of ether oxygens (including phenoxy) is 2. The van der Waals surface area contributed by atoms with Gasteiger partial charge in [0.15, 0.2) is 0 Å². The quantitative estimate of drug-likeness (QED) is 0.341. The summed E-state index contributed by atoms with van der Waals surface area (Å²) in [7, 11) is 0. The van der Waals surface area contributed by atoms with E-state index in [-0.39, 0.29) is 18.2 Å². The molecule has 0 aromatic heterocycles. The predicted octanol–water partition coefficient (Wildman–Crippen LogP) is 5.20. The summed E-state index contributed by atoms with van der Waals surface area (Å²) in [5.74, 6) is 1.97. The van der Waals surface area contributed by atoms with Gasteiger partial charge in [-0.15, -0.1) is 0 Å². The molecule has 0 spiro atoms. The van der Waals surface area contributed by atoms with Crippen molar-refractivity contribution in [1.29, 1.82) is 0 Å². The molecule has 0 amide bonds. The molecule has 0 aromatic carbocycles. The van der Waals surface area contributed by atoms with Gasteiger partial charge in [-0.2, -0.15) is 0 Å². The first-order valence-corrected chi connectivity index (χ1v) is 11.5. The molecule has 0 aliphatic heterocycles. The second-order valence-corrected chi connectivity index (χ2v) is 10.3. The van der Waals surface area contributed by atoms with Crippen LogP contribution in [0.5, 0.6) is 0 Å². The number of hydrogen-bond donors (Lipinski definition) is 0. The van der Waals surface area contributed by atoms with Gasteiger partial charge in [0, 0.05) is 24.3 Å². The van der Waals surface area contributed by atoms with Crippen molar-refractivity contribution in [2.24, 2.45) is 29.1 Å². The van der Waals surface area contributed by atoms with Crippen molar-refractivity contribution in [3.05, 3.63) is 12.7 Å². The zero-order valence-corrected chi connectivity index (χ0v) is 17.4. The standard InChI is InChI=1S/C24H36O4/c1-3-21(25)27-11-7-10-22(26)28-24(18-8-5-4-6-9-18)19-12-17-13-20(24)16-23(2,14-17)15-19/h3,17-20H,1,4-16H2,2H3. The van der Waals surface area contributed by atoms with Gasteiger partial charge in [0.2, 0.25) is 0 Å². The van der Waals surface area contributed by atoms with Crippen LogP contribution >= 0.6 is 0 Å². The molecule has 5 saturated carbocycles. The highest BCUT2D eigenvalue weighted by Crippen LogP contribution is 2.67. The maximum absolute atomic E-state index is 12.9. The van der Waals surface area contributed by atoms with E-state index in [0.29, 0.717) is 36.0 Å². The van der Waals surface area contributed by atoms with Crippen molar-refractivity contribution in [1.82, 2.24) is 0 Å². The molecule has 4 heteroatoms. The van der Waals surface area contributed by atoms with Crippen LogP contribution in [0.4, 0.5) is 0 Å². The van der Waals surface area contributed by atoms with Crippen LogP contribution in [-0.4, -0.2) is 24.1 Å². The third-order valence-electron chi connectivity index (χ3n) is 8.24. The van der Waals surface area contributed by atoms with Gasteiger partial charge in [0.05, 0.1) is 6.61 Å². The van der Waals surface area contributed by atoms with E-state index < -0.39 is 5.97 Å². The van der Waals surface area contributed by atoms with Crippen molar-refractivity contribution in [2.45, 2.75) is 89.6 Å². The molecule has 5 fully saturated rings. The minimum atomic E-state index is -0.429. The van der Waals surface area contributed by atoms with E-state index in [9.17, 15) is 9.59 Å². The lowest BCUT2D eigenvalue weighted by Crippen LogP contribution is -2.65. The van der Waals surface area contributed by atoms with Gasteiger partial charge in [-0.1, -0.05) is 32.8 Å². The van der Waals surface area contributed by atoms with Gasteiger partial charge < -0.3 is 9.47 Å². The van der Waals surface area contributed by atoms with Crippen LogP contribution in [0.2, 0.25) is 0 Å². The van der Waals surface area contributed by atoms with Crippen LogP contribution in [0.3, 0.4) is 0 Å². The summed E-state index contributed by atoms with van der Waals surface area (Å²) < 4.78 is 11.5. The molecule has 5 aliphatic carbocycles. The summed E-state index contributed by atoms with van der Waals surface area (Å²) in [4.78, 5) is 24.1. The molecule has 5 rings (SSSR count). The Balaban J connectivity index is 1.47. The van der Waals surface area contributed by atoms with Gasteiger partial charge >= 0.3 is 11.9 Å². The fraction of sp³-hybridized carbons (Fsp3) is 0.833. The maximum Gasteiger partial charge on any atom is 0.330 e. The van der Waals surface area contributed by atoms with Crippen LogP contribution in [0, 0.1) is 29.1 Å². The molecule has 0 heterocycles. The van der Waals surface area contributed by atoms with Crippen LogP contribution in [0.15, 0.2) is 12.7 Å². The summed E-state index contributed by atoms with van der Waals surface area (Å²) in [5, 5.41) is 0. The van der Waals surface area contributed by atoms with Gasteiger partial charge in [-0.05, 0) is 68.6 Å². The van der Waals surface area contributed by atoms with Crippen molar-refractivity contribution in [3.63, 3.8) is 0 Å². The first kappa shape index (κ1) is 20.0. The Hall–Kier alpha value is -1.32. The number of carbonyl (C=O) groups is 2. The van der Waals surface area contributed by atoms with E-state index in [1.807, 2.05) is 0 Å². The molecule has 2 unspecified atom stereocenters. The number of carbonyl (C=O) groups excluding carboxylic acids is 2. The van der Waals surface area contributed by atoms with Gasteiger partial charge in [-0.25, -0.2) is 4.79 Å². The van der Waals surface area contributed by atoms with E-state index >= 15 is 0 Å². The van der Waals surface area contributed by atoms with E-state index in [1.165, 1.54) is 64.2 Å². The smallest absolute Gasteiger partial charge is 0.330 e. The lowest BCUT2D eigenvalue weighted by molar-refractivity contribution is -0.245. The lowest BCUT2D eigenvalue weighted by atomic mass is 9.42. The minimum Gasteiger partial charge on any atom is -0.463 e. The zero-order valence-electron chi connectivity index (χ0n) is 17.4. The SMILES string of the molecule is C=CC(=O)OCCCC(=O)OC1(C2CCCCC2)C2CC3CC1CC(C)(C3)C2. The minimum absolute atomic E-state index is 0.0853. The van der Waals surface area contributed by atoms with Crippen LogP contribution in [0.1, 0.15) is 84.0 Å². The highest BCUT2D eigenvalue weighted by Gasteiger charge is 2.65. The van der Waals surface area contributed by atoms with Gasteiger partial charge in [0.25, 0.3) is 0 Å². The number of rotatable bonds is 7. The molecular formula is C24H36O4. The summed E-state index contributed by atoms with van der Waals surface area (Å²) >= 11 is 0. The Morgan fingerprint density at radius 3 is 2.32 bits per heavy atom. The fourth-order valence-electron chi connectivity index (χ4n) is 7.56. The van der Waals surface area contributed by atoms with E-state index in [0.717, 1.165) is 12.0 Å². The van der Waals surface area contributed by atoms with Gasteiger partial charge in [-0.3, -0.25) is 4.79 Å². The first-order valence-electron chi connectivity index (χ1n) is 11.5. The maximum atomic E-state index is 12.9. The Bertz CT molecular complexity index is 602. The second-order valence-electron chi connectivity index (χ2n) is 10.3. The monoisotopic (exact) mass is 388 g/mol. The highest BCUT2D eigenvalue weighted by atomic mass is 16.6. The molecule has 28 heavy (non-hydrogen) atoms. The average molecular weight is 389 g/mol. The molecule has 4 nitrogen and oxygen atoms in total. The zero-order chi connectivity index (χ0) is 19.8. The summed E-state index contributed by atoms with van der Waals surface area (Å²) in [6, 6.07) is 0. The molecule has 4 bridgehead atoms. The molecule has 156 valence electrons. The Labute approximate surface area is 169 Å². The highest BCUT2D eigenvalue weighted by molar-refractivity contribution is 5.81. The normalized spacial score (nSPS) is 39.5. The molecule has 5 aliphatic rings. The molecule has 0 radical (unpaired) electrons. The van der Waals surface area contributed by atoms with Crippen molar-refractivity contribution < 1.29 is 19.1 Å². The van der Waals surface area contributed by atoms with E-state index in [1.54, 1.807) is 0 Å². The van der Waals surface area contributed by atoms with Crippen LogP contribution in [0.25, 0.3) is 0 Å². The average Bonchev–Trinajstić information content (AvgIpc) is 2.67. The van der Waals surface area contributed by atoms with Crippen LogP contribution < -0.4 is 0 Å². The summed E-state index contributed by atoms with van der Waals surface area (Å²) in [6.07, 6.45) is 14.7. The van der Waals surface area contributed by atoms with Crippen molar-refractivity contribution >= 4 is 11.9 Å². The molecule has 0 aromatic rings. The Morgan fingerprint density at radius 1 is 1.04 bits per heavy atom. The number of esters is 2. The predicted molar refractivity (Wildman–Crippen MR) is 107 cm³/mol. The molecule has 0 saturated heterocycles. The number of hydrogen-bond acceptors (Lipinski definition) is 4. The third kappa shape index (κ3) is 3.64. The third-order valence-corrected chi connectivity index (χ3v) is 8.24. The first-order chi connectivity index (χ1) is 13.4. The topological polar surface area (TPSA) is 52.6 Å². The molecule has 2 atom stereocenters. The second kappa shape index (κ2) is 7.84. The van der Waals surface area contributed by atoms with Gasteiger partial charge in [0.1, 0.15) is 5.60 Å². The largest absolute Gasteiger partial charge is 0.463 e. The summed E-state index contributed by atoms with van der Waals surface area (Å²) in [5.41, 5.74) is 0.256. The summed E-state index contributed by atoms with van der Waals surface area (Å²) in [6.45, 7) is 6.12. The Kier molecular flexibility index (Phi) is 5.59. The van der Waals surface area contributed by atoms with Crippen molar-refractivity contribution in [2.75, 3.05) is 6.61 Å². The lowest BCUT2D eigenvalue weighted by Gasteiger charge is -2.66. The van der Waals surface area contributed by atoms with E-state index in [2.05, 4.69) is 13.5 Å².